The molecule has 0 spiro atoms. The minimum Gasteiger partial charge on any atom is -0.468 e. The minimum atomic E-state index is -0.313. The quantitative estimate of drug-likeness (QED) is 0.406. The molecule has 5 heteroatoms. The van der Waals surface area contributed by atoms with Gasteiger partial charge >= 0.3 is 5.97 Å². The molecule has 0 fully saturated rings. The molecule has 78 valence electrons. The highest BCUT2D eigenvalue weighted by molar-refractivity contribution is 9.10. The largest absolute Gasteiger partial charge is 0.468 e. The first kappa shape index (κ1) is 12.9. The van der Waals surface area contributed by atoms with Gasteiger partial charge in [-0.15, -0.1) is 0 Å². The normalized spacial score (nSPS) is 15.1. The van der Waals surface area contributed by atoms with Crippen LogP contribution in [0, 0.1) is 0 Å². The van der Waals surface area contributed by atoms with Crippen molar-refractivity contribution < 1.29 is 14.6 Å². The van der Waals surface area contributed by atoms with E-state index >= 15 is 0 Å². The molecular weight excluding hydrogens is 238 g/mol. The van der Waals surface area contributed by atoms with Crippen LogP contribution in [0.1, 0.15) is 13.3 Å². The van der Waals surface area contributed by atoms with Crippen molar-refractivity contribution in [3.05, 3.63) is 0 Å². The van der Waals surface area contributed by atoms with Crippen LogP contribution >= 0.6 is 15.9 Å². The Morgan fingerprint density at radius 1 is 1.69 bits per heavy atom. The van der Waals surface area contributed by atoms with E-state index < -0.39 is 0 Å². The Hall–Kier alpha value is -0.130. The predicted octanol–water partition coefficient (Wildman–Crippen LogP) is 0.283. The Bertz CT molecular complexity index is 152. The topological polar surface area (TPSA) is 58.6 Å². The summed E-state index contributed by atoms with van der Waals surface area (Å²) in [5.74, 6) is -0.287. The van der Waals surface area contributed by atoms with Crippen LogP contribution in [-0.2, 0) is 9.53 Å². The molecule has 2 unspecified atom stereocenters. The second-order valence-corrected chi connectivity index (χ2v) is 3.94. The lowest BCUT2D eigenvalue weighted by atomic mass is 10.3. The van der Waals surface area contributed by atoms with E-state index in [2.05, 4.69) is 26.0 Å². The van der Waals surface area contributed by atoms with E-state index in [9.17, 15) is 4.79 Å². The number of esters is 1. The fourth-order valence-corrected chi connectivity index (χ4v) is 1.17. The van der Waals surface area contributed by atoms with Crippen LogP contribution in [0.5, 0.6) is 0 Å². The average Bonchev–Trinajstić information content (AvgIpc) is 2.10. The van der Waals surface area contributed by atoms with Crippen molar-refractivity contribution in [2.24, 2.45) is 0 Å². The molecule has 0 radical (unpaired) electrons. The van der Waals surface area contributed by atoms with Crippen molar-refractivity contribution in [3.8, 4) is 0 Å². The van der Waals surface area contributed by atoms with Crippen LogP contribution in [0.2, 0.25) is 0 Å². The van der Waals surface area contributed by atoms with Gasteiger partial charge in [0.2, 0.25) is 0 Å². The second-order valence-electron chi connectivity index (χ2n) is 2.83. The van der Waals surface area contributed by atoms with Crippen molar-refractivity contribution in [1.82, 2.24) is 5.32 Å². The molecule has 0 aliphatic heterocycles. The third kappa shape index (κ3) is 6.98. The number of alkyl halides is 1. The van der Waals surface area contributed by atoms with Gasteiger partial charge in [0.1, 0.15) is 4.83 Å². The third-order valence-corrected chi connectivity index (χ3v) is 2.22. The highest BCUT2D eigenvalue weighted by Gasteiger charge is 2.13. The third-order valence-electron chi connectivity index (χ3n) is 1.52. The number of carbonyl (C=O) groups is 1. The minimum absolute atomic E-state index is 0.287. The molecule has 0 aliphatic carbocycles. The van der Waals surface area contributed by atoms with E-state index in [0.717, 1.165) is 0 Å². The zero-order valence-corrected chi connectivity index (χ0v) is 9.50. The van der Waals surface area contributed by atoms with Crippen molar-refractivity contribution in [3.63, 3.8) is 0 Å². The Balaban J connectivity index is 3.37. The van der Waals surface area contributed by atoms with Gasteiger partial charge in [-0.25, -0.2) is 0 Å². The maximum atomic E-state index is 10.9. The molecule has 0 aromatic carbocycles. The van der Waals surface area contributed by atoms with Crippen molar-refractivity contribution >= 4 is 21.9 Å². The predicted molar refractivity (Wildman–Crippen MR) is 53.9 cm³/mol. The summed E-state index contributed by atoms with van der Waals surface area (Å²) in [5, 5.41) is 12.0. The Labute approximate surface area is 86.8 Å². The highest BCUT2D eigenvalue weighted by atomic mass is 79.9. The lowest BCUT2D eigenvalue weighted by Gasteiger charge is -2.09. The molecule has 13 heavy (non-hydrogen) atoms. The Morgan fingerprint density at radius 3 is 2.77 bits per heavy atom. The molecule has 0 aliphatic rings. The lowest BCUT2D eigenvalue weighted by molar-refractivity contribution is -0.139. The molecule has 2 atom stereocenters. The van der Waals surface area contributed by atoms with Gasteiger partial charge < -0.3 is 15.2 Å². The number of aliphatic hydroxyl groups is 1. The van der Waals surface area contributed by atoms with Crippen LogP contribution in [0.25, 0.3) is 0 Å². The van der Waals surface area contributed by atoms with E-state index in [1.54, 1.807) is 6.92 Å². The molecule has 0 heterocycles. The summed E-state index contributed by atoms with van der Waals surface area (Å²) in [6.07, 6.45) is 0.375. The van der Waals surface area contributed by atoms with Gasteiger partial charge in [0.25, 0.3) is 0 Å². The molecule has 0 aromatic rings. The van der Waals surface area contributed by atoms with Gasteiger partial charge in [0, 0.05) is 6.54 Å². The van der Waals surface area contributed by atoms with E-state index in [4.69, 9.17) is 5.11 Å². The molecule has 0 saturated heterocycles. The standard InChI is InChI=1S/C8H16BrNO3/c1-6(11)3-4-10-5-7(9)8(12)13-2/h6-7,10-11H,3-5H2,1-2H3. The van der Waals surface area contributed by atoms with Crippen LogP contribution in [-0.4, -0.2) is 42.2 Å². The lowest BCUT2D eigenvalue weighted by Crippen LogP contribution is -2.31. The SMILES string of the molecule is COC(=O)C(Br)CNCCC(C)O. The fourth-order valence-electron chi connectivity index (χ4n) is 0.751. The van der Waals surface area contributed by atoms with E-state index in [-0.39, 0.29) is 16.9 Å². The number of rotatable bonds is 6. The molecule has 4 nitrogen and oxygen atoms in total. The molecule has 0 saturated carbocycles. The Morgan fingerprint density at radius 2 is 2.31 bits per heavy atom. The summed E-state index contributed by atoms with van der Waals surface area (Å²) in [6.45, 7) is 2.93. The first-order valence-electron chi connectivity index (χ1n) is 4.18. The number of hydrogen-bond acceptors (Lipinski definition) is 4. The second kappa shape index (κ2) is 7.29. The number of halogens is 1. The number of ether oxygens (including phenoxy) is 1. The van der Waals surface area contributed by atoms with Crippen molar-refractivity contribution in [1.29, 1.82) is 0 Å². The monoisotopic (exact) mass is 253 g/mol. The van der Waals surface area contributed by atoms with Gasteiger partial charge in [-0.05, 0) is 19.9 Å². The molecule has 0 amide bonds. The first-order chi connectivity index (χ1) is 6.07. The summed E-state index contributed by atoms with van der Waals surface area (Å²) < 4.78 is 4.51. The number of aliphatic hydroxyl groups excluding tert-OH is 1. The average molecular weight is 254 g/mol. The van der Waals surface area contributed by atoms with Gasteiger partial charge in [-0.2, -0.15) is 0 Å². The van der Waals surface area contributed by atoms with E-state index in [1.165, 1.54) is 7.11 Å². The van der Waals surface area contributed by atoms with Crippen molar-refractivity contribution in [2.45, 2.75) is 24.3 Å². The van der Waals surface area contributed by atoms with Gasteiger partial charge in [0.05, 0.1) is 13.2 Å². The molecule has 0 rings (SSSR count). The molecule has 2 N–H and O–H groups in total. The van der Waals surface area contributed by atoms with Crippen LogP contribution in [0.4, 0.5) is 0 Å². The number of hydrogen-bond donors (Lipinski definition) is 2. The van der Waals surface area contributed by atoms with Gasteiger partial charge in [-0.3, -0.25) is 4.79 Å². The van der Waals surface area contributed by atoms with Crippen LogP contribution in [0.15, 0.2) is 0 Å². The highest BCUT2D eigenvalue weighted by Crippen LogP contribution is 1.99. The maximum Gasteiger partial charge on any atom is 0.320 e. The smallest absolute Gasteiger partial charge is 0.320 e. The van der Waals surface area contributed by atoms with E-state index in [0.29, 0.717) is 19.5 Å². The Kier molecular flexibility index (Phi) is 7.22. The van der Waals surface area contributed by atoms with Gasteiger partial charge in [-0.1, -0.05) is 15.9 Å². The summed E-state index contributed by atoms with van der Waals surface area (Å²) in [7, 11) is 1.35. The fraction of sp³-hybridized carbons (Fsp3) is 0.875. The molecule has 0 aromatic heterocycles. The van der Waals surface area contributed by atoms with Crippen molar-refractivity contribution in [2.75, 3.05) is 20.2 Å². The summed E-state index contributed by atoms with van der Waals surface area (Å²) in [4.78, 5) is 10.6. The number of nitrogens with one attached hydrogen (secondary N) is 1. The van der Waals surface area contributed by atoms with E-state index in [1.807, 2.05) is 0 Å². The first-order valence-corrected chi connectivity index (χ1v) is 5.10. The van der Waals surface area contributed by atoms with Gasteiger partial charge in [0.15, 0.2) is 0 Å². The number of methoxy groups -OCH3 is 1. The zero-order valence-electron chi connectivity index (χ0n) is 7.92. The maximum absolute atomic E-state index is 10.9. The molecular formula is C8H16BrNO3. The van der Waals surface area contributed by atoms with Crippen LogP contribution < -0.4 is 5.32 Å². The summed E-state index contributed by atoms with van der Waals surface area (Å²) >= 11 is 3.17. The summed E-state index contributed by atoms with van der Waals surface area (Å²) in [5.41, 5.74) is 0. The summed E-state index contributed by atoms with van der Waals surface area (Å²) in [6, 6.07) is 0. The number of carbonyl (C=O) groups excluding carboxylic acids is 1. The van der Waals surface area contributed by atoms with Crippen LogP contribution in [0.3, 0.4) is 0 Å². The molecule has 0 bridgehead atoms. The zero-order chi connectivity index (χ0) is 10.3.